The van der Waals surface area contributed by atoms with E-state index in [1.807, 2.05) is 4.31 Å². The lowest BCUT2D eigenvalue weighted by Gasteiger charge is -2.60. The first-order chi connectivity index (χ1) is 13.5. The monoisotopic (exact) mass is 440 g/mol. The summed E-state index contributed by atoms with van der Waals surface area (Å²) in [5.41, 5.74) is -2.40. The smallest absolute Gasteiger partial charge is 0.381 e. The third-order valence-corrected chi connectivity index (χ3v) is 6.91. The van der Waals surface area contributed by atoms with Gasteiger partial charge in [-0.2, -0.15) is 26.3 Å². The number of hydrogen-bond donors (Lipinski definition) is 0. The maximum Gasteiger partial charge on any atom is 0.417 e. The van der Waals surface area contributed by atoms with E-state index in [0.717, 1.165) is 63.7 Å². The van der Waals surface area contributed by atoms with Crippen molar-refractivity contribution < 1.29 is 31.1 Å². The molecular weight excluding hydrogens is 418 g/mol. The lowest BCUT2D eigenvalue weighted by atomic mass is 9.74. The van der Waals surface area contributed by atoms with Crippen LogP contribution in [0.5, 0.6) is 0 Å². The van der Waals surface area contributed by atoms with Crippen molar-refractivity contribution in [3.05, 3.63) is 29.3 Å². The molecule has 0 saturated carbocycles. The van der Waals surface area contributed by atoms with Crippen molar-refractivity contribution in [2.75, 3.05) is 45.9 Å². The van der Waals surface area contributed by atoms with Gasteiger partial charge in [-0.05, 0) is 48.9 Å². The molecule has 3 fully saturated rings. The molecule has 0 unspecified atom stereocenters. The van der Waals surface area contributed by atoms with Crippen molar-refractivity contribution >= 4 is 11.9 Å². The molecule has 1 aromatic carbocycles. The van der Waals surface area contributed by atoms with Gasteiger partial charge in [0, 0.05) is 56.2 Å². The van der Waals surface area contributed by atoms with Crippen molar-refractivity contribution in [3.8, 4) is 0 Å². The average Bonchev–Trinajstić information content (AvgIpc) is 2.57. The van der Waals surface area contributed by atoms with Crippen molar-refractivity contribution in [1.29, 1.82) is 0 Å². The summed E-state index contributed by atoms with van der Waals surface area (Å²) < 4.78 is 85.4. The maximum absolute atomic E-state index is 13.3. The summed E-state index contributed by atoms with van der Waals surface area (Å²) in [6.45, 7) is 5.82. The van der Waals surface area contributed by atoms with E-state index in [2.05, 4.69) is 4.90 Å². The number of hydrogen-bond acceptors (Lipinski definition) is 4. The summed E-state index contributed by atoms with van der Waals surface area (Å²) in [5, 5.41) is 0. The summed E-state index contributed by atoms with van der Waals surface area (Å²) in [5.74, 6) is 0.646. The molecule has 0 amide bonds. The third-order valence-electron chi connectivity index (χ3n) is 5.84. The molecule has 3 saturated heterocycles. The van der Waals surface area contributed by atoms with E-state index in [4.69, 9.17) is 4.74 Å². The second-order valence-corrected chi connectivity index (χ2v) is 9.46. The van der Waals surface area contributed by atoms with Crippen LogP contribution in [0.1, 0.15) is 24.0 Å². The normalized spacial score (nSPS) is 23.8. The molecule has 0 radical (unpaired) electrons. The molecule has 29 heavy (non-hydrogen) atoms. The predicted octanol–water partition coefficient (Wildman–Crippen LogP) is 4.78. The van der Waals surface area contributed by atoms with Crippen LogP contribution < -0.4 is 0 Å². The Balaban J connectivity index is 1.32. The maximum atomic E-state index is 13.3. The lowest BCUT2D eigenvalue weighted by molar-refractivity contribution is -0.144. The highest BCUT2D eigenvalue weighted by Gasteiger charge is 2.52. The Labute approximate surface area is 169 Å². The molecule has 162 valence electrons. The zero-order valence-electron chi connectivity index (χ0n) is 15.7. The molecular formula is C19H22F6N2OS. The minimum Gasteiger partial charge on any atom is -0.381 e. The highest BCUT2D eigenvalue weighted by atomic mass is 32.2. The van der Waals surface area contributed by atoms with E-state index in [1.165, 1.54) is 0 Å². The molecule has 0 N–H and O–H groups in total. The van der Waals surface area contributed by atoms with Crippen molar-refractivity contribution in [3.63, 3.8) is 0 Å². The SMILES string of the molecule is FC(F)(F)c1ccc(SN2CC3(CN(CC4CCOCC4)C3)C2)c(C(F)(F)F)c1. The highest BCUT2D eigenvalue weighted by molar-refractivity contribution is 7.97. The van der Waals surface area contributed by atoms with Gasteiger partial charge in [0.25, 0.3) is 0 Å². The molecule has 3 aliphatic rings. The van der Waals surface area contributed by atoms with Crippen LogP contribution in [-0.4, -0.2) is 55.1 Å². The van der Waals surface area contributed by atoms with Crippen LogP contribution in [0.3, 0.4) is 0 Å². The van der Waals surface area contributed by atoms with Crippen LogP contribution in [0.2, 0.25) is 0 Å². The molecule has 0 aromatic heterocycles. The van der Waals surface area contributed by atoms with Crippen LogP contribution in [0.4, 0.5) is 26.3 Å². The Bertz CT molecular complexity index is 733. The van der Waals surface area contributed by atoms with Gasteiger partial charge in [-0.25, -0.2) is 4.31 Å². The number of alkyl halides is 6. The Morgan fingerprint density at radius 2 is 1.62 bits per heavy atom. The van der Waals surface area contributed by atoms with E-state index in [-0.39, 0.29) is 16.4 Å². The zero-order chi connectivity index (χ0) is 20.9. The van der Waals surface area contributed by atoms with Crippen LogP contribution in [-0.2, 0) is 17.1 Å². The summed E-state index contributed by atoms with van der Waals surface area (Å²) >= 11 is 0.903. The topological polar surface area (TPSA) is 15.7 Å². The van der Waals surface area contributed by atoms with Gasteiger partial charge in [-0.3, -0.25) is 0 Å². The molecule has 0 aliphatic carbocycles. The third kappa shape index (κ3) is 4.70. The lowest BCUT2D eigenvalue weighted by Crippen LogP contribution is -2.70. The summed E-state index contributed by atoms with van der Waals surface area (Å²) in [4.78, 5) is 2.20. The fourth-order valence-corrected chi connectivity index (χ4v) is 5.80. The molecule has 0 bridgehead atoms. The average molecular weight is 440 g/mol. The molecule has 3 nitrogen and oxygen atoms in total. The van der Waals surface area contributed by atoms with E-state index >= 15 is 0 Å². The number of nitrogens with zero attached hydrogens (tertiary/aromatic N) is 2. The molecule has 3 heterocycles. The second kappa shape index (κ2) is 7.62. The van der Waals surface area contributed by atoms with Crippen LogP contribution in [0.15, 0.2) is 23.1 Å². The summed E-state index contributed by atoms with van der Waals surface area (Å²) in [6.07, 6.45) is -7.49. The van der Waals surface area contributed by atoms with E-state index in [0.29, 0.717) is 25.1 Å². The molecule has 0 atom stereocenters. The molecule has 4 rings (SSSR count). The molecule has 1 aromatic rings. The molecule has 3 aliphatic heterocycles. The van der Waals surface area contributed by atoms with E-state index < -0.39 is 23.5 Å². The first-order valence-corrected chi connectivity index (χ1v) is 10.3. The quantitative estimate of drug-likeness (QED) is 0.495. The van der Waals surface area contributed by atoms with E-state index in [9.17, 15) is 26.3 Å². The largest absolute Gasteiger partial charge is 0.417 e. The molecule has 10 heteroatoms. The number of rotatable bonds is 4. The van der Waals surface area contributed by atoms with Gasteiger partial charge < -0.3 is 9.64 Å². The van der Waals surface area contributed by atoms with Crippen LogP contribution >= 0.6 is 11.9 Å². The van der Waals surface area contributed by atoms with Crippen molar-refractivity contribution in [1.82, 2.24) is 9.21 Å². The van der Waals surface area contributed by atoms with Gasteiger partial charge in [0.1, 0.15) is 0 Å². The summed E-state index contributed by atoms with van der Waals surface area (Å²) in [6, 6.07) is 1.85. The minimum absolute atomic E-state index is 0.114. The van der Waals surface area contributed by atoms with Gasteiger partial charge in [0.05, 0.1) is 11.1 Å². The minimum atomic E-state index is -4.83. The Morgan fingerprint density at radius 3 is 2.21 bits per heavy atom. The van der Waals surface area contributed by atoms with Crippen molar-refractivity contribution in [2.45, 2.75) is 30.1 Å². The van der Waals surface area contributed by atoms with Gasteiger partial charge in [0.15, 0.2) is 0 Å². The Morgan fingerprint density at radius 1 is 0.966 bits per heavy atom. The predicted molar refractivity (Wildman–Crippen MR) is 96.3 cm³/mol. The van der Waals surface area contributed by atoms with E-state index in [1.54, 1.807) is 0 Å². The van der Waals surface area contributed by atoms with Gasteiger partial charge in [0.2, 0.25) is 0 Å². The number of ether oxygens (including phenoxy) is 1. The second-order valence-electron chi connectivity index (χ2n) is 8.32. The van der Waals surface area contributed by atoms with Gasteiger partial charge in [-0.1, -0.05) is 0 Å². The standard InChI is InChI=1S/C19H22F6N2OS/c20-18(21,22)14-1-2-16(15(7-14)19(23,24)25)29-27-11-17(12-27)9-26(10-17)8-13-3-5-28-6-4-13/h1-2,7,13H,3-6,8-12H2. The van der Waals surface area contributed by atoms with Crippen LogP contribution in [0.25, 0.3) is 0 Å². The first-order valence-electron chi connectivity index (χ1n) is 9.56. The first kappa shape index (κ1) is 21.3. The Kier molecular flexibility index (Phi) is 5.59. The zero-order valence-corrected chi connectivity index (χ0v) is 16.5. The van der Waals surface area contributed by atoms with Gasteiger partial charge in [-0.15, -0.1) is 0 Å². The fourth-order valence-electron chi connectivity index (χ4n) is 4.44. The number of likely N-dealkylation sites (tertiary alicyclic amines) is 1. The molecule has 1 spiro atoms. The Hall–Kier alpha value is -0.970. The number of benzene rings is 1. The number of halogens is 6. The highest BCUT2D eigenvalue weighted by Crippen LogP contribution is 2.47. The summed E-state index contributed by atoms with van der Waals surface area (Å²) in [7, 11) is 0. The van der Waals surface area contributed by atoms with Gasteiger partial charge >= 0.3 is 12.4 Å². The van der Waals surface area contributed by atoms with Crippen molar-refractivity contribution in [2.24, 2.45) is 11.3 Å². The van der Waals surface area contributed by atoms with Crippen LogP contribution in [0, 0.1) is 11.3 Å². The fraction of sp³-hybridized carbons (Fsp3) is 0.684.